The molecule has 0 aliphatic rings. The number of para-hydroxylation sites is 1. The molecule has 0 aliphatic carbocycles. The number of fused-ring (bicyclic) bond motifs is 3. The number of furan rings is 1. The molecule has 0 saturated carbocycles. The van der Waals surface area contributed by atoms with Crippen LogP contribution in [0.1, 0.15) is 0 Å². The summed E-state index contributed by atoms with van der Waals surface area (Å²) in [7, 11) is 0. The number of rotatable bonds is 4. The quantitative estimate of drug-likeness (QED) is 0.442. The number of benzene rings is 2. The van der Waals surface area contributed by atoms with Gasteiger partial charge in [0.05, 0.1) is 11.1 Å². The smallest absolute Gasteiger partial charge is 0.285 e. The van der Waals surface area contributed by atoms with Crippen LogP contribution in [0.4, 0.5) is 11.4 Å². The summed E-state index contributed by atoms with van der Waals surface area (Å²) >= 11 is 0. The zero-order chi connectivity index (χ0) is 19.0. The van der Waals surface area contributed by atoms with Gasteiger partial charge in [-0.05, 0) is 24.3 Å². The number of carbonyl (C=O) groups excluding carboxylic acids is 1. The molecule has 1 N–H and O–H groups in total. The average Bonchev–Trinajstić information content (AvgIpc) is 3.01. The van der Waals surface area contributed by atoms with E-state index in [4.69, 9.17) is 4.42 Å². The maximum atomic E-state index is 12.3. The molecule has 0 unspecified atom stereocenters. The molecule has 8 heteroatoms. The Bertz CT molecular complexity index is 1260. The van der Waals surface area contributed by atoms with Crippen molar-refractivity contribution in [2.45, 2.75) is 6.54 Å². The summed E-state index contributed by atoms with van der Waals surface area (Å²) in [6.45, 7) is -0.329. The molecule has 0 saturated heterocycles. The molecule has 2 aromatic heterocycles. The second-order valence-corrected chi connectivity index (χ2v) is 5.97. The van der Waals surface area contributed by atoms with Crippen molar-refractivity contribution in [3.63, 3.8) is 0 Å². The van der Waals surface area contributed by atoms with Crippen LogP contribution in [-0.4, -0.2) is 15.4 Å². The second kappa shape index (κ2) is 6.41. The Morgan fingerprint density at radius 1 is 1.07 bits per heavy atom. The van der Waals surface area contributed by atoms with E-state index >= 15 is 0 Å². The van der Waals surface area contributed by atoms with Crippen LogP contribution in [0.2, 0.25) is 0 Å². The number of aromatic nitrogens is 1. The van der Waals surface area contributed by atoms with E-state index in [-0.39, 0.29) is 12.2 Å². The first-order chi connectivity index (χ1) is 13.0. The molecule has 1 amide bonds. The minimum atomic E-state index is -0.619. The molecule has 0 spiro atoms. The largest absolute Gasteiger partial charge is 0.456 e. The van der Waals surface area contributed by atoms with Gasteiger partial charge in [0, 0.05) is 28.6 Å². The lowest BCUT2D eigenvalue weighted by molar-refractivity contribution is -0.385. The number of hydrogen-bond donors (Lipinski definition) is 1. The maximum Gasteiger partial charge on any atom is 0.285 e. The van der Waals surface area contributed by atoms with Gasteiger partial charge in [-0.2, -0.15) is 0 Å². The molecule has 27 heavy (non-hydrogen) atoms. The maximum absolute atomic E-state index is 12.3. The lowest BCUT2D eigenvalue weighted by atomic mass is 10.1. The number of nitrogens with one attached hydrogen (secondary N) is 1. The fraction of sp³-hybridized carbons (Fsp3) is 0.0526. The Balaban J connectivity index is 1.60. The number of pyridine rings is 1. The van der Waals surface area contributed by atoms with Gasteiger partial charge in [0.15, 0.2) is 0 Å². The van der Waals surface area contributed by atoms with Crippen molar-refractivity contribution in [2.75, 3.05) is 5.32 Å². The van der Waals surface area contributed by atoms with E-state index in [1.165, 1.54) is 0 Å². The normalized spacial score (nSPS) is 11.0. The third-order valence-corrected chi connectivity index (χ3v) is 4.15. The van der Waals surface area contributed by atoms with Gasteiger partial charge in [0.2, 0.25) is 5.91 Å². The Kier molecular flexibility index (Phi) is 3.92. The molecular formula is C19H13N3O5. The van der Waals surface area contributed by atoms with E-state index in [1.54, 1.807) is 18.2 Å². The van der Waals surface area contributed by atoms with Crippen molar-refractivity contribution in [2.24, 2.45) is 0 Å². The van der Waals surface area contributed by atoms with Crippen LogP contribution in [0.15, 0.2) is 70.0 Å². The van der Waals surface area contributed by atoms with Crippen LogP contribution < -0.4 is 10.9 Å². The van der Waals surface area contributed by atoms with Gasteiger partial charge in [-0.25, -0.2) is 0 Å². The Labute approximate surface area is 151 Å². The molecule has 4 aromatic rings. The molecule has 2 aromatic carbocycles. The number of anilines is 1. The van der Waals surface area contributed by atoms with Gasteiger partial charge in [0.1, 0.15) is 17.7 Å². The van der Waals surface area contributed by atoms with Gasteiger partial charge >= 0.3 is 0 Å². The van der Waals surface area contributed by atoms with Crippen LogP contribution in [0.5, 0.6) is 0 Å². The molecular weight excluding hydrogens is 350 g/mol. The number of hydrogen-bond acceptors (Lipinski definition) is 5. The Morgan fingerprint density at radius 3 is 2.67 bits per heavy atom. The first-order valence-electron chi connectivity index (χ1n) is 8.07. The van der Waals surface area contributed by atoms with Gasteiger partial charge in [0.25, 0.3) is 11.2 Å². The highest BCUT2D eigenvalue weighted by Crippen LogP contribution is 2.30. The number of nitrogens with zero attached hydrogens (tertiary/aromatic N) is 2. The molecule has 8 nitrogen and oxygen atoms in total. The average molecular weight is 363 g/mol. The van der Waals surface area contributed by atoms with Crippen molar-refractivity contribution in [3.05, 3.63) is 81.3 Å². The fourth-order valence-corrected chi connectivity index (χ4v) is 2.91. The second-order valence-electron chi connectivity index (χ2n) is 5.97. The highest BCUT2D eigenvalue weighted by Gasteiger charge is 2.12. The molecule has 0 aliphatic heterocycles. The minimum Gasteiger partial charge on any atom is -0.456 e. The number of amides is 1. The van der Waals surface area contributed by atoms with Gasteiger partial charge in [-0.3, -0.25) is 24.3 Å². The molecule has 134 valence electrons. The highest BCUT2D eigenvalue weighted by atomic mass is 16.6. The van der Waals surface area contributed by atoms with Crippen LogP contribution in [0, 0.1) is 10.1 Å². The van der Waals surface area contributed by atoms with Crippen molar-refractivity contribution in [1.29, 1.82) is 0 Å². The monoisotopic (exact) mass is 363 g/mol. The van der Waals surface area contributed by atoms with Crippen LogP contribution in [-0.2, 0) is 11.3 Å². The zero-order valence-electron chi connectivity index (χ0n) is 13.9. The Morgan fingerprint density at radius 2 is 1.85 bits per heavy atom. The summed E-state index contributed by atoms with van der Waals surface area (Å²) < 4.78 is 6.74. The van der Waals surface area contributed by atoms with Gasteiger partial charge in [-0.1, -0.05) is 18.2 Å². The van der Waals surface area contributed by atoms with E-state index in [2.05, 4.69) is 5.32 Å². The van der Waals surface area contributed by atoms with Gasteiger partial charge in [-0.15, -0.1) is 0 Å². The molecule has 2 heterocycles. The van der Waals surface area contributed by atoms with Crippen molar-refractivity contribution < 1.29 is 14.1 Å². The summed E-state index contributed by atoms with van der Waals surface area (Å²) in [4.78, 5) is 34.3. The minimum absolute atomic E-state index is 0.256. The van der Waals surface area contributed by atoms with E-state index in [0.29, 0.717) is 11.3 Å². The third kappa shape index (κ3) is 3.15. The lowest BCUT2D eigenvalue weighted by Crippen LogP contribution is -2.26. The van der Waals surface area contributed by atoms with Crippen molar-refractivity contribution in [1.82, 2.24) is 4.57 Å². The molecule has 0 atom stereocenters. The lowest BCUT2D eigenvalue weighted by Gasteiger charge is -2.07. The fourth-order valence-electron chi connectivity index (χ4n) is 2.91. The van der Waals surface area contributed by atoms with Crippen LogP contribution in [0.25, 0.3) is 21.9 Å². The third-order valence-electron chi connectivity index (χ3n) is 4.15. The molecule has 0 bridgehead atoms. The summed E-state index contributed by atoms with van der Waals surface area (Å²) in [6, 6.07) is 15.0. The summed E-state index contributed by atoms with van der Waals surface area (Å²) in [5.41, 5.74) is 1.24. The molecule has 4 rings (SSSR count). The van der Waals surface area contributed by atoms with Crippen LogP contribution >= 0.6 is 0 Å². The van der Waals surface area contributed by atoms with Crippen molar-refractivity contribution >= 4 is 39.2 Å². The molecule has 0 radical (unpaired) electrons. The summed E-state index contributed by atoms with van der Waals surface area (Å²) in [5, 5.41) is 15.3. The first-order valence-corrected chi connectivity index (χ1v) is 8.07. The van der Waals surface area contributed by atoms with Crippen molar-refractivity contribution in [3.8, 4) is 0 Å². The highest BCUT2D eigenvalue weighted by molar-refractivity contribution is 6.06. The SMILES string of the molecule is O=C(Cn1cc([N+](=O)[O-])ccc1=O)Nc1ccc2oc3ccccc3c2c1. The predicted octanol–water partition coefficient (Wildman–Crippen LogP) is 3.29. The zero-order valence-corrected chi connectivity index (χ0v) is 13.9. The number of carbonyl (C=O) groups is 1. The summed E-state index contributed by atoms with van der Waals surface area (Å²) in [6.07, 6.45) is 1.05. The van der Waals surface area contributed by atoms with E-state index < -0.39 is 16.4 Å². The topological polar surface area (TPSA) is 107 Å². The summed E-state index contributed by atoms with van der Waals surface area (Å²) in [5.74, 6) is -0.468. The van der Waals surface area contributed by atoms with E-state index in [9.17, 15) is 19.7 Å². The standard InChI is InChI=1S/C19H13N3O5/c23-18(11-21-10-13(22(25)26)6-8-19(21)24)20-12-5-7-17-15(9-12)14-3-1-2-4-16(14)27-17/h1-10H,11H2,(H,20,23). The van der Waals surface area contributed by atoms with Gasteiger partial charge < -0.3 is 9.73 Å². The van der Waals surface area contributed by atoms with E-state index in [0.717, 1.165) is 39.3 Å². The van der Waals surface area contributed by atoms with Crippen LogP contribution in [0.3, 0.4) is 0 Å². The molecule has 0 fully saturated rings. The van der Waals surface area contributed by atoms with E-state index in [1.807, 2.05) is 24.3 Å². The number of nitro groups is 1. The first kappa shape index (κ1) is 16.5. The predicted molar refractivity (Wildman–Crippen MR) is 99.7 cm³/mol. The Hall–Kier alpha value is -3.94.